The van der Waals surface area contributed by atoms with E-state index in [0.717, 1.165) is 17.9 Å². The molecule has 14 heavy (non-hydrogen) atoms. The van der Waals surface area contributed by atoms with E-state index in [4.69, 9.17) is 0 Å². The van der Waals surface area contributed by atoms with Crippen LogP contribution in [0.5, 0.6) is 0 Å². The van der Waals surface area contributed by atoms with Gasteiger partial charge in [0.2, 0.25) is 0 Å². The molecule has 2 unspecified atom stereocenters. The minimum atomic E-state index is 0.841. The Labute approximate surface area is 89.7 Å². The highest BCUT2D eigenvalue weighted by atomic mass is 14.9. The molecule has 0 aromatic heterocycles. The van der Waals surface area contributed by atoms with E-state index in [-0.39, 0.29) is 0 Å². The summed E-state index contributed by atoms with van der Waals surface area (Å²) in [6.07, 6.45) is 8.46. The van der Waals surface area contributed by atoms with Crippen molar-refractivity contribution in [3.05, 3.63) is 0 Å². The van der Waals surface area contributed by atoms with Gasteiger partial charge in [0, 0.05) is 6.04 Å². The standard InChI is InChI=1S/C13H27N/c1-4-10-14-13-7-5-6-12(13)9-8-11(2)3/h11-14H,4-10H2,1-3H3. The van der Waals surface area contributed by atoms with E-state index in [2.05, 4.69) is 26.1 Å². The van der Waals surface area contributed by atoms with Gasteiger partial charge >= 0.3 is 0 Å². The normalized spacial score (nSPS) is 27.4. The molecule has 1 saturated carbocycles. The maximum Gasteiger partial charge on any atom is 0.00953 e. The van der Waals surface area contributed by atoms with E-state index in [9.17, 15) is 0 Å². The van der Waals surface area contributed by atoms with Crippen LogP contribution in [0.1, 0.15) is 59.3 Å². The van der Waals surface area contributed by atoms with Crippen molar-refractivity contribution < 1.29 is 0 Å². The molecular formula is C13H27N. The van der Waals surface area contributed by atoms with Gasteiger partial charge in [-0.05, 0) is 44.1 Å². The summed E-state index contributed by atoms with van der Waals surface area (Å²) >= 11 is 0. The van der Waals surface area contributed by atoms with Gasteiger partial charge in [0.1, 0.15) is 0 Å². The van der Waals surface area contributed by atoms with Gasteiger partial charge in [0.15, 0.2) is 0 Å². The fraction of sp³-hybridized carbons (Fsp3) is 1.00. The van der Waals surface area contributed by atoms with Crippen LogP contribution in [0.2, 0.25) is 0 Å². The Kier molecular flexibility index (Phi) is 5.54. The first-order chi connectivity index (χ1) is 6.74. The van der Waals surface area contributed by atoms with Gasteiger partial charge in [-0.1, -0.05) is 33.6 Å². The molecule has 0 amide bonds. The van der Waals surface area contributed by atoms with Crippen LogP contribution in [0.4, 0.5) is 0 Å². The van der Waals surface area contributed by atoms with E-state index in [1.807, 2.05) is 0 Å². The van der Waals surface area contributed by atoms with E-state index in [0.29, 0.717) is 0 Å². The van der Waals surface area contributed by atoms with Crippen LogP contribution in [0, 0.1) is 11.8 Å². The quantitative estimate of drug-likeness (QED) is 0.686. The van der Waals surface area contributed by atoms with E-state index < -0.39 is 0 Å². The molecule has 1 heteroatoms. The van der Waals surface area contributed by atoms with Crippen LogP contribution in [0.15, 0.2) is 0 Å². The monoisotopic (exact) mass is 197 g/mol. The van der Waals surface area contributed by atoms with Crippen molar-refractivity contribution in [1.82, 2.24) is 5.32 Å². The first-order valence-electron chi connectivity index (χ1n) is 6.47. The summed E-state index contributed by atoms with van der Waals surface area (Å²) in [7, 11) is 0. The fourth-order valence-corrected chi connectivity index (χ4v) is 2.53. The van der Waals surface area contributed by atoms with Gasteiger partial charge in [-0.2, -0.15) is 0 Å². The Morgan fingerprint density at radius 2 is 2.07 bits per heavy atom. The van der Waals surface area contributed by atoms with E-state index >= 15 is 0 Å². The lowest BCUT2D eigenvalue weighted by atomic mass is 9.93. The molecule has 1 aliphatic rings. The summed E-state index contributed by atoms with van der Waals surface area (Å²) in [5.41, 5.74) is 0. The summed E-state index contributed by atoms with van der Waals surface area (Å²) in [6.45, 7) is 8.14. The Morgan fingerprint density at radius 3 is 2.71 bits per heavy atom. The van der Waals surface area contributed by atoms with Crippen LogP contribution < -0.4 is 5.32 Å². The first-order valence-corrected chi connectivity index (χ1v) is 6.47. The molecule has 0 radical (unpaired) electrons. The third-order valence-corrected chi connectivity index (χ3v) is 3.43. The number of rotatable bonds is 6. The molecule has 0 heterocycles. The molecule has 0 aliphatic heterocycles. The summed E-state index contributed by atoms with van der Waals surface area (Å²) in [5, 5.41) is 3.71. The second-order valence-corrected chi connectivity index (χ2v) is 5.22. The van der Waals surface area contributed by atoms with Crippen LogP contribution in [0.25, 0.3) is 0 Å². The molecule has 0 aromatic carbocycles. The molecule has 0 saturated heterocycles. The molecule has 2 atom stereocenters. The average Bonchev–Trinajstić information content (AvgIpc) is 2.58. The first kappa shape index (κ1) is 12.0. The molecule has 0 spiro atoms. The van der Waals surface area contributed by atoms with Crippen molar-refractivity contribution in [1.29, 1.82) is 0 Å². The zero-order valence-electron chi connectivity index (χ0n) is 10.2. The van der Waals surface area contributed by atoms with Gasteiger partial charge < -0.3 is 5.32 Å². The number of nitrogens with one attached hydrogen (secondary N) is 1. The smallest absolute Gasteiger partial charge is 0.00953 e. The molecule has 1 N–H and O–H groups in total. The van der Waals surface area contributed by atoms with Crippen molar-refractivity contribution in [2.75, 3.05) is 6.54 Å². The summed E-state index contributed by atoms with van der Waals surface area (Å²) in [4.78, 5) is 0. The largest absolute Gasteiger partial charge is 0.314 e. The summed E-state index contributed by atoms with van der Waals surface area (Å²) in [6, 6.07) is 0.841. The molecule has 1 rings (SSSR count). The Hall–Kier alpha value is -0.0400. The van der Waals surface area contributed by atoms with Crippen LogP contribution in [0.3, 0.4) is 0 Å². The summed E-state index contributed by atoms with van der Waals surface area (Å²) in [5.74, 6) is 1.85. The molecule has 0 bridgehead atoms. The predicted octanol–water partition coefficient (Wildman–Crippen LogP) is 3.59. The third-order valence-electron chi connectivity index (χ3n) is 3.43. The SMILES string of the molecule is CCCNC1CCCC1CCC(C)C. The predicted molar refractivity (Wildman–Crippen MR) is 63.5 cm³/mol. The van der Waals surface area contributed by atoms with Crippen molar-refractivity contribution in [2.24, 2.45) is 11.8 Å². The highest BCUT2D eigenvalue weighted by molar-refractivity contribution is 4.83. The molecular weight excluding hydrogens is 170 g/mol. The minimum Gasteiger partial charge on any atom is -0.314 e. The maximum atomic E-state index is 3.71. The van der Waals surface area contributed by atoms with Crippen LogP contribution >= 0.6 is 0 Å². The van der Waals surface area contributed by atoms with Gasteiger partial charge in [-0.3, -0.25) is 0 Å². The maximum absolute atomic E-state index is 3.71. The molecule has 1 nitrogen and oxygen atoms in total. The molecule has 1 fully saturated rings. The van der Waals surface area contributed by atoms with Gasteiger partial charge in [0.25, 0.3) is 0 Å². The second-order valence-electron chi connectivity index (χ2n) is 5.22. The Balaban J connectivity index is 2.21. The molecule has 84 valence electrons. The van der Waals surface area contributed by atoms with E-state index in [1.165, 1.54) is 45.1 Å². The topological polar surface area (TPSA) is 12.0 Å². The van der Waals surface area contributed by atoms with Crippen LogP contribution in [-0.4, -0.2) is 12.6 Å². The lowest BCUT2D eigenvalue weighted by Gasteiger charge is -2.21. The lowest BCUT2D eigenvalue weighted by Crippen LogP contribution is -2.33. The zero-order chi connectivity index (χ0) is 10.4. The highest BCUT2D eigenvalue weighted by Gasteiger charge is 2.25. The van der Waals surface area contributed by atoms with Gasteiger partial charge in [-0.25, -0.2) is 0 Å². The molecule has 1 aliphatic carbocycles. The lowest BCUT2D eigenvalue weighted by molar-refractivity contribution is 0.352. The van der Waals surface area contributed by atoms with Crippen molar-refractivity contribution in [3.63, 3.8) is 0 Å². The zero-order valence-corrected chi connectivity index (χ0v) is 10.2. The average molecular weight is 197 g/mol. The van der Waals surface area contributed by atoms with Gasteiger partial charge in [0.05, 0.1) is 0 Å². The second kappa shape index (κ2) is 6.44. The van der Waals surface area contributed by atoms with Crippen molar-refractivity contribution in [2.45, 2.75) is 65.3 Å². The fourth-order valence-electron chi connectivity index (χ4n) is 2.53. The Bertz CT molecular complexity index is 142. The number of hydrogen-bond acceptors (Lipinski definition) is 1. The summed E-state index contributed by atoms with van der Waals surface area (Å²) < 4.78 is 0. The Morgan fingerprint density at radius 1 is 1.29 bits per heavy atom. The highest BCUT2D eigenvalue weighted by Crippen LogP contribution is 2.30. The molecule has 0 aromatic rings. The van der Waals surface area contributed by atoms with Crippen molar-refractivity contribution in [3.8, 4) is 0 Å². The van der Waals surface area contributed by atoms with E-state index in [1.54, 1.807) is 0 Å². The minimum absolute atomic E-state index is 0.841. The third kappa shape index (κ3) is 4.00. The van der Waals surface area contributed by atoms with Crippen LogP contribution in [-0.2, 0) is 0 Å². The van der Waals surface area contributed by atoms with Gasteiger partial charge in [-0.15, -0.1) is 0 Å². The number of hydrogen-bond donors (Lipinski definition) is 1. The van der Waals surface area contributed by atoms with Crippen molar-refractivity contribution >= 4 is 0 Å².